The Hall–Kier alpha value is -1.97. The highest BCUT2D eigenvalue weighted by Gasteiger charge is 2.04. The highest BCUT2D eigenvalue weighted by molar-refractivity contribution is 5.64. The van der Waals surface area contributed by atoms with E-state index >= 15 is 0 Å². The fraction of sp³-hybridized carbons (Fsp3) is 0.250. The molecule has 0 spiro atoms. The van der Waals surface area contributed by atoms with Gasteiger partial charge in [0.25, 0.3) is 0 Å². The quantitative estimate of drug-likeness (QED) is 0.851. The molecule has 0 aliphatic heterocycles. The van der Waals surface area contributed by atoms with Crippen LogP contribution in [0.25, 0.3) is 11.3 Å². The molecule has 82 valence electrons. The Balaban J connectivity index is 2.40. The van der Waals surface area contributed by atoms with E-state index in [-0.39, 0.29) is 0 Å². The summed E-state index contributed by atoms with van der Waals surface area (Å²) in [7, 11) is 0. The topological polar surface area (TPSA) is 50.7 Å². The number of anilines is 1. The number of hydrogen-bond donors (Lipinski definition) is 1. The van der Waals surface area contributed by atoms with Crippen LogP contribution in [0, 0.1) is 6.92 Å². The summed E-state index contributed by atoms with van der Waals surface area (Å²) in [5, 5.41) is 3.17. The van der Waals surface area contributed by atoms with Gasteiger partial charge in [0.05, 0.1) is 5.69 Å². The first-order chi connectivity index (χ1) is 7.81. The molecular formula is C12H14N4. The molecule has 2 aromatic heterocycles. The lowest BCUT2D eigenvalue weighted by atomic mass is 10.1. The van der Waals surface area contributed by atoms with Crippen LogP contribution < -0.4 is 5.32 Å². The SMILES string of the molecule is CCNc1cc(-c2cnccc2C)ncn1. The Labute approximate surface area is 94.8 Å². The number of pyridine rings is 1. The first kappa shape index (κ1) is 10.5. The van der Waals surface area contributed by atoms with Crippen LogP contribution in [0.2, 0.25) is 0 Å². The van der Waals surface area contributed by atoms with Crippen molar-refractivity contribution in [2.45, 2.75) is 13.8 Å². The standard InChI is InChI=1S/C12H14N4/c1-3-14-12-6-11(15-8-16-12)10-7-13-5-4-9(10)2/h4-8H,3H2,1-2H3,(H,14,15,16). The van der Waals surface area contributed by atoms with Crippen molar-refractivity contribution < 1.29 is 0 Å². The summed E-state index contributed by atoms with van der Waals surface area (Å²) in [4.78, 5) is 12.5. The smallest absolute Gasteiger partial charge is 0.129 e. The lowest BCUT2D eigenvalue weighted by Gasteiger charge is -2.06. The molecule has 1 N–H and O–H groups in total. The molecule has 0 saturated heterocycles. The van der Waals surface area contributed by atoms with Crippen LogP contribution in [0.3, 0.4) is 0 Å². The van der Waals surface area contributed by atoms with Gasteiger partial charge in [0.2, 0.25) is 0 Å². The van der Waals surface area contributed by atoms with Gasteiger partial charge >= 0.3 is 0 Å². The van der Waals surface area contributed by atoms with Gasteiger partial charge in [0, 0.05) is 30.6 Å². The summed E-state index contributed by atoms with van der Waals surface area (Å²) < 4.78 is 0. The van der Waals surface area contributed by atoms with E-state index in [1.54, 1.807) is 12.5 Å². The van der Waals surface area contributed by atoms with Gasteiger partial charge in [-0.1, -0.05) is 0 Å². The highest BCUT2D eigenvalue weighted by atomic mass is 15.0. The monoisotopic (exact) mass is 214 g/mol. The minimum Gasteiger partial charge on any atom is -0.370 e. The molecule has 0 radical (unpaired) electrons. The molecule has 0 amide bonds. The molecule has 2 rings (SSSR count). The van der Waals surface area contributed by atoms with Crippen LogP contribution >= 0.6 is 0 Å². The number of rotatable bonds is 3. The predicted octanol–water partition coefficient (Wildman–Crippen LogP) is 2.28. The van der Waals surface area contributed by atoms with Crippen LogP contribution in [-0.4, -0.2) is 21.5 Å². The van der Waals surface area contributed by atoms with Crippen LogP contribution in [0.4, 0.5) is 5.82 Å². The van der Waals surface area contributed by atoms with E-state index in [0.717, 1.165) is 29.2 Å². The second kappa shape index (κ2) is 4.70. The molecule has 4 nitrogen and oxygen atoms in total. The summed E-state index contributed by atoms with van der Waals surface area (Å²) in [6.07, 6.45) is 5.18. The van der Waals surface area contributed by atoms with Gasteiger partial charge in [-0.3, -0.25) is 4.98 Å². The zero-order chi connectivity index (χ0) is 11.4. The minimum atomic E-state index is 0.843. The van der Waals surface area contributed by atoms with Crippen molar-refractivity contribution in [1.82, 2.24) is 15.0 Å². The van der Waals surface area contributed by atoms with Crippen molar-refractivity contribution in [3.8, 4) is 11.3 Å². The molecule has 2 heterocycles. The Morgan fingerprint density at radius 1 is 1.31 bits per heavy atom. The molecule has 2 aromatic rings. The first-order valence-electron chi connectivity index (χ1n) is 5.28. The molecule has 0 fully saturated rings. The lowest BCUT2D eigenvalue weighted by molar-refractivity contribution is 1.11. The summed E-state index contributed by atoms with van der Waals surface area (Å²) in [6.45, 7) is 4.94. The van der Waals surface area contributed by atoms with Crippen molar-refractivity contribution in [2.24, 2.45) is 0 Å². The highest BCUT2D eigenvalue weighted by Crippen LogP contribution is 2.20. The van der Waals surface area contributed by atoms with E-state index in [1.807, 2.05) is 32.2 Å². The van der Waals surface area contributed by atoms with Gasteiger partial charge in [-0.05, 0) is 25.5 Å². The maximum absolute atomic E-state index is 4.26. The molecule has 4 heteroatoms. The van der Waals surface area contributed by atoms with Gasteiger partial charge in [-0.25, -0.2) is 9.97 Å². The van der Waals surface area contributed by atoms with E-state index < -0.39 is 0 Å². The number of hydrogen-bond acceptors (Lipinski definition) is 4. The molecule has 0 aliphatic rings. The fourth-order valence-corrected chi connectivity index (χ4v) is 1.51. The summed E-state index contributed by atoms with van der Waals surface area (Å²) in [5.74, 6) is 0.843. The Kier molecular flexibility index (Phi) is 3.10. The summed E-state index contributed by atoms with van der Waals surface area (Å²) in [6, 6.07) is 3.91. The third-order valence-corrected chi connectivity index (χ3v) is 2.34. The molecular weight excluding hydrogens is 200 g/mol. The number of aryl methyl sites for hydroxylation is 1. The zero-order valence-electron chi connectivity index (χ0n) is 9.44. The number of nitrogens with zero attached hydrogens (tertiary/aromatic N) is 3. The van der Waals surface area contributed by atoms with E-state index in [9.17, 15) is 0 Å². The Morgan fingerprint density at radius 2 is 2.19 bits per heavy atom. The van der Waals surface area contributed by atoms with Crippen molar-refractivity contribution in [1.29, 1.82) is 0 Å². The van der Waals surface area contributed by atoms with E-state index in [0.29, 0.717) is 0 Å². The fourth-order valence-electron chi connectivity index (χ4n) is 1.51. The second-order valence-corrected chi connectivity index (χ2v) is 3.51. The molecule has 0 atom stereocenters. The van der Waals surface area contributed by atoms with E-state index in [2.05, 4.69) is 20.3 Å². The molecule has 0 unspecified atom stereocenters. The Bertz CT molecular complexity index is 482. The van der Waals surface area contributed by atoms with E-state index in [4.69, 9.17) is 0 Å². The number of aromatic nitrogens is 3. The summed E-state index contributed by atoms with van der Waals surface area (Å²) in [5.41, 5.74) is 3.11. The normalized spacial score (nSPS) is 10.1. The maximum Gasteiger partial charge on any atom is 0.129 e. The van der Waals surface area contributed by atoms with Crippen LogP contribution in [0.1, 0.15) is 12.5 Å². The average Bonchev–Trinajstić information content (AvgIpc) is 2.30. The predicted molar refractivity (Wildman–Crippen MR) is 64.2 cm³/mol. The van der Waals surface area contributed by atoms with Gasteiger partial charge in [-0.2, -0.15) is 0 Å². The zero-order valence-corrected chi connectivity index (χ0v) is 9.44. The van der Waals surface area contributed by atoms with Gasteiger partial charge in [-0.15, -0.1) is 0 Å². The molecule has 0 bridgehead atoms. The van der Waals surface area contributed by atoms with Gasteiger partial charge in [0.1, 0.15) is 12.1 Å². The minimum absolute atomic E-state index is 0.843. The summed E-state index contributed by atoms with van der Waals surface area (Å²) >= 11 is 0. The molecule has 0 saturated carbocycles. The Morgan fingerprint density at radius 3 is 2.94 bits per heavy atom. The first-order valence-corrected chi connectivity index (χ1v) is 5.28. The van der Waals surface area contributed by atoms with Crippen molar-refractivity contribution >= 4 is 5.82 Å². The third kappa shape index (κ3) is 2.16. The van der Waals surface area contributed by atoms with Gasteiger partial charge < -0.3 is 5.32 Å². The average molecular weight is 214 g/mol. The van der Waals surface area contributed by atoms with Crippen molar-refractivity contribution in [3.63, 3.8) is 0 Å². The lowest BCUT2D eigenvalue weighted by Crippen LogP contribution is -2.00. The largest absolute Gasteiger partial charge is 0.370 e. The molecule has 0 aromatic carbocycles. The van der Waals surface area contributed by atoms with Crippen LogP contribution in [0.15, 0.2) is 30.9 Å². The van der Waals surface area contributed by atoms with Crippen LogP contribution in [0.5, 0.6) is 0 Å². The second-order valence-electron chi connectivity index (χ2n) is 3.51. The van der Waals surface area contributed by atoms with Crippen molar-refractivity contribution in [2.75, 3.05) is 11.9 Å². The molecule has 16 heavy (non-hydrogen) atoms. The number of nitrogens with one attached hydrogen (secondary N) is 1. The van der Waals surface area contributed by atoms with Gasteiger partial charge in [0.15, 0.2) is 0 Å². The van der Waals surface area contributed by atoms with E-state index in [1.165, 1.54) is 0 Å². The van der Waals surface area contributed by atoms with Crippen molar-refractivity contribution in [3.05, 3.63) is 36.4 Å². The van der Waals surface area contributed by atoms with Crippen LogP contribution in [-0.2, 0) is 0 Å². The third-order valence-electron chi connectivity index (χ3n) is 2.34. The maximum atomic E-state index is 4.26. The molecule has 0 aliphatic carbocycles.